The quantitative estimate of drug-likeness (QED) is 0.764. The molecule has 2 aromatic heterocycles. The number of rotatable bonds is 4. The standard InChI is InChI=1S/C18H17N5O2/c1-19-18(25)16-21-14(11-23(16)2)13-8-9-20-15(10-13)22-17(24)12-6-4-3-5-7-12/h3-11H,1-2H3,(H,19,25)(H,20,22,24). The Bertz CT molecular complexity index is 918. The molecule has 2 heterocycles. The van der Waals surface area contributed by atoms with Gasteiger partial charge in [0.15, 0.2) is 5.82 Å². The van der Waals surface area contributed by atoms with E-state index in [4.69, 9.17) is 0 Å². The first-order valence-corrected chi connectivity index (χ1v) is 7.67. The Kier molecular flexibility index (Phi) is 4.56. The fourth-order valence-electron chi connectivity index (χ4n) is 2.36. The van der Waals surface area contributed by atoms with E-state index in [0.717, 1.165) is 5.56 Å². The molecule has 0 atom stereocenters. The lowest BCUT2D eigenvalue weighted by Crippen LogP contribution is -2.21. The minimum absolute atomic E-state index is 0.239. The Hall–Kier alpha value is -3.48. The summed E-state index contributed by atoms with van der Waals surface area (Å²) in [6.45, 7) is 0. The molecule has 2 amide bonds. The third kappa shape index (κ3) is 3.55. The zero-order chi connectivity index (χ0) is 17.8. The Labute approximate surface area is 144 Å². The van der Waals surface area contributed by atoms with Gasteiger partial charge in [-0.2, -0.15) is 0 Å². The third-order valence-electron chi connectivity index (χ3n) is 3.64. The lowest BCUT2D eigenvalue weighted by molar-refractivity contribution is 0.0949. The van der Waals surface area contributed by atoms with E-state index in [2.05, 4.69) is 20.6 Å². The van der Waals surface area contributed by atoms with Crippen LogP contribution in [0.2, 0.25) is 0 Å². The van der Waals surface area contributed by atoms with Crippen molar-refractivity contribution in [3.05, 3.63) is 66.2 Å². The third-order valence-corrected chi connectivity index (χ3v) is 3.64. The number of hydrogen-bond donors (Lipinski definition) is 2. The van der Waals surface area contributed by atoms with Crippen LogP contribution in [0, 0.1) is 0 Å². The van der Waals surface area contributed by atoms with Gasteiger partial charge in [-0.25, -0.2) is 9.97 Å². The van der Waals surface area contributed by atoms with Gasteiger partial charge in [0, 0.05) is 37.6 Å². The highest BCUT2D eigenvalue weighted by Crippen LogP contribution is 2.20. The molecular formula is C18H17N5O2. The van der Waals surface area contributed by atoms with Crippen LogP contribution in [0.1, 0.15) is 21.0 Å². The van der Waals surface area contributed by atoms with Crippen LogP contribution < -0.4 is 10.6 Å². The second kappa shape index (κ2) is 6.96. The molecular weight excluding hydrogens is 318 g/mol. The molecule has 7 nitrogen and oxygen atoms in total. The van der Waals surface area contributed by atoms with Crippen molar-refractivity contribution in [2.75, 3.05) is 12.4 Å². The SMILES string of the molecule is CNC(=O)c1nc(-c2ccnc(NC(=O)c3ccccc3)c2)cn1C. The zero-order valence-corrected chi connectivity index (χ0v) is 13.9. The van der Waals surface area contributed by atoms with E-state index in [1.165, 1.54) is 0 Å². The molecule has 0 spiro atoms. The summed E-state index contributed by atoms with van der Waals surface area (Å²) in [6, 6.07) is 12.4. The topological polar surface area (TPSA) is 88.9 Å². The fraction of sp³-hybridized carbons (Fsp3) is 0.111. The molecule has 25 heavy (non-hydrogen) atoms. The Morgan fingerprint density at radius 3 is 2.56 bits per heavy atom. The Morgan fingerprint density at radius 1 is 1.08 bits per heavy atom. The number of benzene rings is 1. The van der Waals surface area contributed by atoms with E-state index in [9.17, 15) is 9.59 Å². The highest BCUT2D eigenvalue weighted by molar-refractivity contribution is 6.03. The van der Waals surface area contributed by atoms with Crippen molar-refractivity contribution in [3.63, 3.8) is 0 Å². The maximum absolute atomic E-state index is 12.2. The number of aryl methyl sites for hydroxylation is 1. The molecule has 3 aromatic rings. The van der Waals surface area contributed by atoms with Crippen LogP contribution in [0.25, 0.3) is 11.3 Å². The molecule has 0 unspecified atom stereocenters. The first-order valence-electron chi connectivity index (χ1n) is 7.67. The maximum Gasteiger partial charge on any atom is 0.287 e. The van der Waals surface area contributed by atoms with Gasteiger partial charge in [-0.15, -0.1) is 0 Å². The first-order chi connectivity index (χ1) is 12.1. The van der Waals surface area contributed by atoms with Crippen LogP contribution in [0.15, 0.2) is 54.9 Å². The number of anilines is 1. The average Bonchev–Trinajstić information content (AvgIpc) is 3.04. The molecule has 1 aromatic carbocycles. The lowest BCUT2D eigenvalue weighted by atomic mass is 10.2. The molecule has 126 valence electrons. The summed E-state index contributed by atoms with van der Waals surface area (Å²) < 4.78 is 1.65. The number of aromatic nitrogens is 3. The van der Waals surface area contributed by atoms with Gasteiger partial charge in [0.1, 0.15) is 5.82 Å². The number of amides is 2. The van der Waals surface area contributed by atoms with Crippen molar-refractivity contribution < 1.29 is 9.59 Å². The van der Waals surface area contributed by atoms with Gasteiger partial charge in [0.05, 0.1) is 5.69 Å². The predicted molar refractivity (Wildman–Crippen MR) is 94.2 cm³/mol. The highest BCUT2D eigenvalue weighted by Gasteiger charge is 2.14. The van der Waals surface area contributed by atoms with Crippen LogP contribution in [-0.2, 0) is 7.05 Å². The summed E-state index contributed by atoms with van der Waals surface area (Å²) in [5, 5.41) is 5.31. The van der Waals surface area contributed by atoms with Crippen LogP contribution in [0.4, 0.5) is 5.82 Å². The van der Waals surface area contributed by atoms with E-state index in [1.54, 1.807) is 67.5 Å². The van der Waals surface area contributed by atoms with Crippen molar-refractivity contribution in [3.8, 4) is 11.3 Å². The molecule has 2 N–H and O–H groups in total. The van der Waals surface area contributed by atoms with Crippen molar-refractivity contribution in [2.24, 2.45) is 7.05 Å². The van der Waals surface area contributed by atoms with Gasteiger partial charge in [-0.1, -0.05) is 18.2 Å². The van der Waals surface area contributed by atoms with E-state index in [-0.39, 0.29) is 11.8 Å². The average molecular weight is 335 g/mol. The smallest absolute Gasteiger partial charge is 0.287 e. The molecule has 0 aliphatic rings. The maximum atomic E-state index is 12.2. The first kappa shape index (κ1) is 16.4. The highest BCUT2D eigenvalue weighted by atomic mass is 16.2. The number of nitrogens with zero attached hydrogens (tertiary/aromatic N) is 3. The van der Waals surface area contributed by atoms with E-state index in [0.29, 0.717) is 22.9 Å². The number of carbonyl (C=O) groups excluding carboxylic acids is 2. The van der Waals surface area contributed by atoms with Crippen molar-refractivity contribution in [1.29, 1.82) is 0 Å². The normalized spacial score (nSPS) is 10.3. The number of imidazole rings is 1. The summed E-state index contributed by atoms with van der Waals surface area (Å²) in [7, 11) is 3.31. The molecule has 3 rings (SSSR count). The molecule has 0 saturated heterocycles. The Morgan fingerprint density at radius 2 is 1.84 bits per heavy atom. The molecule has 7 heteroatoms. The van der Waals surface area contributed by atoms with Crippen LogP contribution in [-0.4, -0.2) is 33.4 Å². The van der Waals surface area contributed by atoms with Crippen molar-refractivity contribution >= 4 is 17.6 Å². The van der Waals surface area contributed by atoms with Gasteiger partial charge >= 0.3 is 0 Å². The monoisotopic (exact) mass is 335 g/mol. The minimum atomic E-state index is -0.264. The summed E-state index contributed by atoms with van der Waals surface area (Å²) >= 11 is 0. The van der Waals surface area contributed by atoms with Gasteiger partial charge in [-0.3, -0.25) is 9.59 Å². The van der Waals surface area contributed by atoms with Gasteiger partial charge in [-0.05, 0) is 24.3 Å². The van der Waals surface area contributed by atoms with Gasteiger partial charge in [0.2, 0.25) is 0 Å². The molecule has 0 saturated carbocycles. The molecule has 0 fully saturated rings. The van der Waals surface area contributed by atoms with Crippen LogP contribution in [0.3, 0.4) is 0 Å². The van der Waals surface area contributed by atoms with Crippen molar-refractivity contribution in [1.82, 2.24) is 19.9 Å². The summed E-state index contributed by atoms with van der Waals surface area (Å²) in [4.78, 5) is 32.5. The van der Waals surface area contributed by atoms with E-state index < -0.39 is 0 Å². The lowest BCUT2D eigenvalue weighted by Gasteiger charge is -2.05. The summed E-state index contributed by atoms with van der Waals surface area (Å²) in [6.07, 6.45) is 3.34. The van der Waals surface area contributed by atoms with E-state index >= 15 is 0 Å². The molecule has 0 aliphatic carbocycles. The molecule has 0 radical (unpaired) electrons. The predicted octanol–water partition coefficient (Wildman–Crippen LogP) is 2.09. The number of hydrogen-bond acceptors (Lipinski definition) is 4. The zero-order valence-electron chi connectivity index (χ0n) is 13.9. The Balaban J connectivity index is 1.85. The number of carbonyl (C=O) groups is 2. The van der Waals surface area contributed by atoms with Crippen molar-refractivity contribution in [2.45, 2.75) is 0 Å². The summed E-state index contributed by atoms with van der Waals surface area (Å²) in [5.41, 5.74) is 1.93. The van der Waals surface area contributed by atoms with Crippen LogP contribution >= 0.6 is 0 Å². The minimum Gasteiger partial charge on any atom is -0.352 e. The molecule has 0 aliphatic heterocycles. The second-order valence-corrected chi connectivity index (χ2v) is 5.39. The number of nitrogens with one attached hydrogen (secondary N) is 2. The summed E-state index contributed by atoms with van der Waals surface area (Å²) in [5.74, 6) is 0.223. The largest absolute Gasteiger partial charge is 0.352 e. The number of pyridine rings is 1. The van der Waals surface area contributed by atoms with Gasteiger partial charge < -0.3 is 15.2 Å². The van der Waals surface area contributed by atoms with Crippen LogP contribution in [0.5, 0.6) is 0 Å². The molecule has 0 bridgehead atoms. The second-order valence-electron chi connectivity index (χ2n) is 5.39. The fourth-order valence-corrected chi connectivity index (χ4v) is 2.36. The van der Waals surface area contributed by atoms with E-state index in [1.807, 2.05) is 6.07 Å². The van der Waals surface area contributed by atoms with Gasteiger partial charge in [0.25, 0.3) is 11.8 Å².